The number of rotatable bonds is 4. The van der Waals surface area contributed by atoms with E-state index in [2.05, 4.69) is 25.1 Å². The van der Waals surface area contributed by atoms with E-state index in [-0.39, 0.29) is 11.9 Å². The summed E-state index contributed by atoms with van der Waals surface area (Å²) < 4.78 is 5.24. The van der Waals surface area contributed by atoms with Crippen molar-refractivity contribution in [1.82, 2.24) is 25.1 Å². The van der Waals surface area contributed by atoms with E-state index in [1.165, 1.54) is 11.8 Å². The minimum atomic E-state index is 0.0844. The van der Waals surface area contributed by atoms with Crippen molar-refractivity contribution < 1.29 is 4.52 Å². The molecule has 3 aromatic rings. The predicted octanol–water partition coefficient (Wildman–Crippen LogP) is 1.69. The van der Waals surface area contributed by atoms with Crippen molar-refractivity contribution in [1.29, 1.82) is 0 Å². The Bertz CT molecular complexity index is 784. The summed E-state index contributed by atoms with van der Waals surface area (Å²) in [4.78, 5) is 16.0. The van der Waals surface area contributed by atoms with Crippen LogP contribution in [0.25, 0.3) is 11.4 Å². The number of anilines is 2. The van der Waals surface area contributed by atoms with Crippen LogP contribution in [0, 0.1) is 6.92 Å². The van der Waals surface area contributed by atoms with Gasteiger partial charge < -0.3 is 16.0 Å². The molecule has 2 heterocycles. The second-order valence-corrected chi connectivity index (χ2v) is 5.39. The van der Waals surface area contributed by atoms with Gasteiger partial charge in [-0.2, -0.15) is 19.9 Å². The van der Waals surface area contributed by atoms with Gasteiger partial charge in [0.1, 0.15) is 0 Å². The Labute approximate surface area is 130 Å². The van der Waals surface area contributed by atoms with Gasteiger partial charge in [-0.15, -0.1) is 0 Å². The summed E-state index contributed by atoms with van der Waals surface area (Å²) in [5.41, 5.74) is 13.1. The van der Waals surface area contributed by atoms with Crippen LogP contribution in [0.2, 0.25) is 0 Å². The zero-order valence-corrected chi connectivity index (χ0v) is 12.5. The quantitative estimate of drug-likeness (QED) is 0.690. The number of hydrogen-bond donors (Lipinski definition) is 2. The molecule has 0 aliphatic rings. The molecule has 4 N–H and O–H groups in total. The number of thioether (sulfide) groups is 1. The van der Waals surface area contributed by atoms with Crippen LogP contribution in [0.3, 0.4) is 0 Å². The number of aromatic nitrogens is 5. The maximum Gasteiger partial charge on any atom is 0.237 e. The third-order valence-electron chi connectivity index (χ3n) is 2.83. The molecule has 0 aliphatic heterocycles. The third kappa shape index (κ3) is 3.14. The van der Waals surface area contributed by atoms with E-state index >= 15 is 0 Å². The normalized spacial score (nSPS) is 10.8. The van der Waals surface area contributed by atoms with Gasteiger partial charge in [-0.05, 0) is 12.5 Å². The van der Waals surface area contributed by atoms with Gasteiger partial charge in [0.2, 0.25) is 23.6 Å². The molecule has 0 saturated carbocycles. The average Bonchev–Trinajstić information content (AvgIpc) is 2.93. The Balaban J connectivity index is 1.73. The van der Waals surface area contributed by atoms with E-state index in [1.54, 1.807) is 0 Å². The van der Waals surface area contributed by atoms with Crippen molar-refractivity contribution in [3.05, 3.63) is 35.7 Å². The Kier molecular flexibility index (Phi) is 3.88. The summed E-state index contributed by atoms with van der Waals surface area (Å²) in [5, 5.41) is 4.41. The largest absolute Gasteiger partial charge is 0.368 e. The number of nitrogens with zero attached hydrogens (tertiary/aromatic N) is 5. The van der Waals surface area contributed by atoms with Gasteiger partial charge in [0.05, 0.1) is 5.75 Å². The maximum absolute atomic E-state index is 5.52. The van der Waals surface area contributed by atoms with E-state index in [4.69, 9.17) is 16.0 Å². The molecule has 22 heavy (non-hydrogen) atoms. The Morgan fingerprint density at radius 2 is 1.77 bits per heavy atom. The molecule has 2 aromatic heterocycles. The summed E-state index contributed by atoms with van der Waals surface area (Å²) in [7, 11) is 0. The van der Waals surface area contributed by atoms with Crippen LogP contribution in [0.5, 0.6) is 0 Å². The molecule has 0 spiro atoms. The molecule has 0 saturated heterocycles. The van der Waals surface area contributed by atoms with Gasteiger partial charge in [0.25, 0.3) is 0 Å². The van der Waals surface area contributed by atoms with Crippen LogP contribution in [0.4, 0.5) is 11.9 Å². The first-order valence-corrected chi connectivity index (χ1v) is 7.39. The van der Waals surface area contributed by atoms with Crippen LogP contribution in [0.1, 0.15) is 11.5 Å². The van der Waals surface area contributed by atoms with Gasteiger partial charge in [0.15, 0.2) is 5.16 Å². The van der Waals surface area contributed by atoms with Crippen LogP contribution >= 0.6 is 11.8 Å². The van der Waals surface area contributed by atoms with E-state index in [0.29, 0.717) is 22.6 Å². The van der Waals surface area contributed by atoms with Crippen molar-refractivity contribution in [3.63, 3.8) is 0 Å². The molecule has 0 fully saturated rings. The fourth-order valence-corrected chi connectivity index (χ4v) is 2.51. The minimum absolute atomic E-state index is 0.0844. The van der Waals surface area contributed by atoms with Crippen LogP contribution < -0.4 is 11.5 Å². The van der Waals surface area contributed by atoms with Crippen molar-refractivity contribution in [2.75, 3.05) is 11.5 Å². The first kappa shape index (κ1) is 14.3. The minimum Gasteiger partial charge on any atom is -0.368 e. The van der Waals surface area contributed by atoms with Crippen LogP contribution in [-0.2, 0) is 5.75 Å². The molecular weight excluding hydrogens is 302 g/mol. The van der Waals surface area contributed by atoms with Crippen molar-refractivity contribution in [3.8, 4) is 11.4 Å². The lowest BCUT2D eigenvalue weighted by Crippen LogP contribution is -2.03. The Hall–Kier alpha value is -2.68. The zero-order chi connectivity index (χ0) is 15.5. The molecule has 0 aliphatic carbocycles. The van der Waals surface area contributed by atoms with Crippen molar-refractivity contribution >= 4 is 23.7 Å². The molecular formula is C13H13N7OS. The predicted molar refractivity (Wildman–Crippen MR) is 82.7 cm³/mol. The van der Waals surface area contributed by atoms with E-state index in [9.17, 15) is 0 Å². The monoisotopic (exact) mass is 315 g/mol. The van der Waals surface area contributed by atoms with Crippen molar-refractivity contribution in [2.24, 2.45) is 0 Å². The summed E-state index contributed by atoms with van der Waals surface area (Å²) in [6.07, 6.45) is 0. The lowest BCUT2D eigenvalue weighted by molar-refractivity contribution is 0.391. The molecule has 8 nitrogen and oxygen atoms in total. The molecule has 0 atom stereocenters. The summed E-state index contributed by atoms with van der Waals surface area (Å²) in [6, 6.07) is 7.84. The van der Waals surface area contributed by atoms with Crippen LogP contribution in [-0.4, -0.2) is 25.1 Å². The highest BCUT2D eigenvalue weighted by Gasteiger charge is 2.12. The number of nitrogens with two attached hydrogens (primary N) is 2. The number of aryl methyl sites for hydroxylation is 1. The van der Waals surface area contributed by atoms with E-state index in [1.807, 2.05) is 31.2 Å². The number of hydrogen-bond acceptors (Lipinski definition) is 9. The second kappa shape index (κ2) is 5.98. The Morgan fingerprint density at radius 1 is 1.05 bits per heavy atom. The summed E-state index contributed by atoms with van der Waals surface area (Å²) >= 11 is 1.30. The lowest BCUT2D eigenvalue weighted by atomic mass is 10.1. The highest BCUT2D eigenvalue weighted by molar-refractivity contribution is 7.98. The smallest absolute Gasteiger partial charge is 0.237 e. The van der Waals surface area contributed by atoms with Crippen molar-refractivity contribution in [2.45, 2.75) is 17.8 Å². The molecule has 1 aromatic carbocycles. The molecule has 9 heteroatoms. The lowest BCUT2D eigenvalue weighted by Gasteiger charge is -1.99. The second-order valence-electron chi connectivity index (χ2n) is 4.45. The summed E-state index contributed by atoms with van der Waals surface area (Å²) in [5.74, 6) is 1.62. The van der Waals surface area contributed by atoms with Gasteiger partial charge in [-0.25, -0.2) is 0 Å². The van der Waals surface area contributed by atoms with Gasteiger partial charge in [0, 0.05) is 5.56 Å². The molecule has 0 amide bonds. The van der Waals surface area contributed by atoms with E-state index < -0.39 is 0 Å². The molecule has 3 rings (SSSR count). The summed E-state index contributed by atoms with van der Waals surface area (Å²) in [6.45, 7) is 2.00. The van der Waals surface area contributed by atoms with Gasteiger partial charge >= 0.3 is 0 Å². The van der Waals surface area contributed by atoms with Gasteiger partial charge in [-0.3, -0.25) is 0 Å². The molecule has 0 unspecified atom stereocenters. The third-order valence-corrected chi connectivity index (χ3v) is 3.66. The SMILES string of the molecule is Cc1ccccc1-c1noc(CSc2nc(N)nc(N)n2)n1. The number of benzene rings is 1. The molecule has 0 radical (unpaired) electrons. The van der Waals surface area contributed by atoms with E-state index in [0.717, 1.165) is 11.1 Å². The fourth-order valence-electron chi connectivity index (χ4n) is 1.83. The highest BCUT2D eigenvalue weighted by atomic mass is 32.2. The van der Waals surface area contributed by atoms with Gasteiger partial charge in [-0.1, -0.05) is 41.2 Å². The molecule has 0 bridgehead atoms. The average molecular weight is 315 g/mol. The number of nitrogen functional groups attached to an aromatic ring is 2. The first-order valence-electron chi connectivity index (χ1n) is 6.40. The highest BCUT2D eigenvalue weighted by Crippen LogP contribution is 2.23. The maximum atomic E-state index is 5.52. The van der Waals surface area contributed by atoms with Crippen LogP contribution in [0.15, 0.2) is 33.9 Å². The molecule has 112 valence electrons. The zero-order valence-electron chi connectivity index (χ0n) is 11.7. The first-order chi connectivity index (χ1) is 10.6. The topological polar surface area (TPSA) is 130 Å². The fraction of sp³-hybridized carbons (Fsp3) is 0.154. The Morgan fingerprint density at radius 3 is 2.50 bits per heavy atom. The standard InChI is InChI=1S/C13H13N7OS/c1-7-4-2-3-5-8(7)10-16-9(21-20-10)6-22-13-18-11(14)17-12(15)19-13/h2-5H,6H2,1H3,(H4,14,15,17,18,19).